The third kappa shape index (κ3) is 67.4. The molecule has 0 rings (SSSR count). The van der Waals surface area contributed by atoms with E-state index in [0.717, 1.165) is 96.3 Å². The normalized spacial score (nSPS) is 12.6. The second-order valence-electron chi connectivity index (χ2n) is 23.8. The van der Waals surface area contributed by atoms with Crippen molar-refractivity contribution in [2.45, 2.75) is 367 Å². The molecular weight excluding hydrogens is 1010 g/mol. The molecule has 0 aliphatic carbocycles. The summed E-state index contributed by atoms with van der Waals surface area (Å²) in [6.07, 6.45) is 93.1. The summed E-state index contributed by atoms with van der Waals surface area (Å²) >= 11 is 0. The van der Waals surface area contributed by atoms with E-state index in [2.05, 4.69) is 106 Å². The molecule has 6 heteroatoms. The number of ether oxygens (including phenoxy) is 3. The standard InChI is InChI=1S/C76H134O6/c1-4-7-10-13-16-19-22-25-28-31-33-34-35-36-37-38-39-40-41-42-43-46-48-51-54-57-60-63-66-69-75(78)81-72-73(71-80-74(77)68-65-62-59-56-53-50-47-44-30-27-24-21-18-15-12-9-6-3)82-76(79)70-67-64-61-58-55-52-49-45-32-29-26-23-20-17-14-11-8-5-2/h7,10,16,19,25,27-28,30,33-34,36-37,39-40,73H,4-6,8-9,11-15,17-18,20-24,26,29,31-32,35,38,41-72H2,1-3H3/b10-7-,19-16-,28-25-,30-27-,34-33-,37-36-,40-39-. The summed E-state index contributed by atoms with van der Waals surface area (Å²) in [4.78, 5) is 38.5. The Kier molecular flexibility index (Phi) is 67.2. The van der Waals surface area contributed by atoms with Gasteiger partial charge in [-0.3, -0.25) is 14.4 Å². The van der Waals surface area contributed by atoms with Crippen molar-refractivity contribution >= 4 is 17.9 Å². The van der Waals surface area contributed by atoms with Crippen LogP contribution < -0.4 is 0 Å². The predicted octanol–water partition coefficient (Wildman–Crippen LogP) is 24.6. The highest BCUT2D eigenvalue weighted by Gasteiger charge is 2.19. The number of rotatable bonds is 65. The summed E-state index contributed by atoms with van der Waals surface area (Å²) in [5.41, 5.74) is 0. The van der Waals surface area contributed by atoms with Crippen LogP contribution in [-0.4, -0.2) is 37.2 Å². The van der Waals surface area contributed by atoms with E-state index >= 15 is 0 Å². The lowest BCUT2D eigenvalue weighted by Crippen LogP contribution is -2.30. The maximum atomic E-state index is 13.0. The first kappa shape index (κ1) is 78.6. The molecule has 0 saturated heterocycles. The van der Waals surface area contributed by atoms with Crippen molar-refractivity contribution in [1.82, 2.24) is 0 Å². The molecule has 1 unspecified atom stereocenters. The van der Waals surface area contributed by atoms with E-state index in [1.807, 2.05) is 0 Å². The van der Waals surface area contributed by atoms with Crippen molar-refractivity contribution in [3.05, 3.63) is 85.1 Å². The highest BCUT2D eigenvalue weighted by Crippen LogP contribution is 2.18. The molecule has 0 N–H and O–H groups in total. The van der Waals surface area contributed by atoms with Gasteiger partial charge in [-0.1, -0.05) is 331 Å². The highest BCUT2D eigenvalue weighted by atomic mass is 16.6. The second kappa shape index (κ2) is 70.1. The number of allylic oxidation sites excluding steroid dienone is 14. The molecule has 0 radical (unpaired) electrons. The van der Waals surface area contributed by atoms with Crippen LogP contribution in [0, 0.1) is 0 Å². The molecule has 0 spiro atoms. The molecule has 82 heavy (non-hydrogen) atoms. The van der Waals surface area contributed by atoms with Gasteiger partial charge in [0.1, 0.15) is 13.2 Å². The van der Waals surface area contributed by atoms with Crippen LogP contribution in [0.15, 0.2) is 85.1 Å². The van der Waals surface area contributed by atoms with Gasteiger partial charge < -0.3 is 14.2 Å². The molecule has 0 saturated carbocycles. The van der Waals surface area contributed by atoms with Crippen molar-refractivity contribution < 1.29 is 28.6 Å². The van der Waals surface area contributed by atoms with Gasteiger partial charge in [0.25, 0.3) is 0 Å². The number of carbonyl (C=O) groups excluding carboxylic acids is 3. The summed E-state index contributed by atoms with van der Waals surface area (Å²) < 4.78 is 17.0. The minimum atomic E-state index is -0.780. The SMILES string of the molecule is CC/C=C\C/C=C\C/C=C\C/C=C\C/C=C\C/C=C\CCCCCCCCCCCCC(=O)OCC(COC(=O)CCCCCCCCC/C=C\CCCCCCCC)OC(=O)CCCCCCCCCCCCCCCCCCCC. The summed E-state index contributed by atoms with van der Waals surface area (Å²) in [5.74, 6) is -0.862. The van der Waals surface area contributed by atoms with Crippen LogP contribution in [0.3, 0.4) is 0 Å². The van der Waals surface area contributed by atoms with E-state index in [1.54, 1.807) is 0 Å². The fourth-order valence-corrected chi connectivity index (χ4v) is 10.3. The van der Waals surface area contributed by atoms with E-state index in [-0.39, 0.29) is 31.1 Å². The monoisotopic (exact) mass is 1140 g/mol. The first-order chi connectivity index (χ1) is 40.5. The van der Waals surface area contributed by atoms with Gasteiger partial charge in [0.05, 0.1) is 0 Å². The molecule has 0 aromatic carbocycles. The van der Waals surface area contributed by atoms with Gasteiger partial charge in [0, 0.05) is 19.3 Å². The van der Waals surface area contributed by atoms with Gasteiger partial charge in [-0.2, -0.15) is 0 Å². The van der Waals surface area contributed by atoms with Gasteiger partial charge in [-0.25, -0.2) is 0 Å². The second-order valence-corrected chi connectivity index (χ2v) is 23.8. The lowest BCUT2D eigenvalue weighted by molar-refractivity contribution is -0.167. The number of esters is 3. The Morgan fingerprint density at radius 1 is 0.256 bits per heavy atom. The van der Waals surface area contributed by atoms with Crippen molar-refractivity contribution in [3.63, 3.8) is 0 Å². The Labute approximate surface area is 509 Å². The summed E-state index contributed by atoms with van der Waals surface area (Å²) in [7, 11) is 0. The topological polar surface area (TPSA) is 78.9 Å². The first-order valence-corrected chi connectivity index (χ1v) is 35.6. The Balaban J connectivity index is 4.31. The molecule has 0 amide bonds. The van der Waals surface area contributed by atoms with E-state index in [4.69, 9.17) is 14.2 Å². The molecule has 0 heterocycles. The molecule has 0 aliphatic heterocycles. The summed E-state index contributed by atoms with van der Waals surface area (Å²) in [6, 6.07) is 0. The zero-order chi connectivity index (χ0) is 59.2. The zero-order valence-corrected chi connectivity index (χ0v) is 54.5. The predicted molar refractivity (Wildman–Crippen MR) is 358 cm³/mol. The maximum absolute atomic E-state index is 13.0. The van der Waals surface area contributed by atoms with Crippen LogP contribution in [0.4, 0.5) is 0 Å². The first-order valence-electron chi connectivity index (χ1n) is 35.6. The minimum Gasteiger partial charge on any atom is -0.462 e. The highest BCUT2D eigenvalue weighted by molar-refractivity contribution is 5.71. The van der Waals surface area contributed by atoms with Gasteiger partial charge in [-0.15, -0.1) is 0 Å². The third-order valence-electron chi connectivity index (χ3n) is 15.6. The van der Waals surface area contributed by atoms with E-state index in [1.165, 1.54) is 225 Å². The number of carbonyl (C=O) groups is 3. The Hall–Kier alpha value is -3.41. The Morgan fingerprint density at radius 3 is 0.756 bits per heavy atom. The molecular formula is C76H134O6. The van der Waals surface area contributed by atoms with Crippen LogP contribution in [0.1, 0.15) is 361 Å². The van der Waals surface area contributed by atoms with Crippen molar-refractivity contribution in [2.75, 3.05) is 13.2 Å². The van der Waals surface area contributed by atoms with Gasteiger partial charge in [0.2, 0.25) is 0 Å². The van der Waals surface area contributed by atoms with Crippen LogP contribution in [-0.2, 0) is 28.6 Å². The van der Waals surface area contributed by atoms with Gasteiger partial charge >= 0.3 is 17.9 Å². The van der Waals surface area contributed by atoms with E-state index in [9.17, 15) is 14.4 Å². The van der Waals surface area contributed by atoms with Crippen molar-refractivity contribution in [3.8, 4) is 0 Å². The molecule has 1 atom stereocenters. The number of unbranched alkanes of at least 4 members (excludes halogenated alkanes) is 40. The fourth-order valence-electron chi connectivity index (χ4n) is 10.3. The Morgan fingerprint density at radius 2 is 0.476 bits per heavy atom. The third-order valence-corrected chi connectivity index (χ3v) is 15.6. The van der Waals surface area contributed by atoms with Crippen LogP contribution >= 0.6 is 0 Å². The van der Waals surface area contributed by atoms with Crippen molar-refractivity contribution in [2.24, 2.45) is 0 Å². The lowest BCUT2D eigenvalue weighted by Gasteiger charge is -2.18. The molecule has 6 nitrogen and oxygen atoms in total. The zero-order valence-electron chi connectivity index (χ0n) is 54.5. The molecule has 0 fully saturated rings. The largest absolute Gasteiger partial charge is 0.462 e. The van der Waals surface area contributed by atoms with Crippen LogP contribution in [0.2, 0.25) is 0 Å². The van der Waals surface area contributed by atoms with E-state index in [0.29, 0.717) is 19.3 Å². The summed E-state index contributed by atoms with van der Waals surface area (Å²) in [5, 5.41) is 0. The fraction of sp³-hybridized carbons (Fsp3) is 0.776. The minimum absolute atomic E-state index is 0.0755. The quantitative estimate of drug-likeness (QED) is 0.0261. The number of hydrogen-bond acceptors (Lipinski definition) is 6. The molecule has 474 valence electrons. The van der Waals surface area contributed by atoms with Crippen LogP contribution in [0.25, 0.3) is 0 Å². The smallest absolute Gasteiger partial charge is 0.306 e. The molecule has 0 bridgehead atoms. The lowest BCUT2D eigenvalue weighted by atomic mass is 10.0. The van der Waals surface area contributed by atoms with Crippen molar-refractivity contribution in [1.29, 1.82) is 0 Å². The van der Waals surface area contributed by atoms with Crippen LogP contribution in [0.5, 0.6) is 0 Å². The number of hydrogen-bond donors (Lipinski definition) is 0. The van der Waals surface area contributed by atoms with Gasteiger partial charge in [-0.05, 0) is 96.3 Å². The molecule has 0 aliphatic rings. The van der Waals surface area contributed by atoms with E-state index < -0.39 is 6.10 Å². The summed E-state index contributed by atoms with van der Waals surface area (Å²) in [6.45, 7) is 6.57. The average Bonchev–Trinajstić information content (AvgIpc) is 3.47. The average molecular weight is 1140 g/mol. The van der Waals surface area contributed by atoms with Gasteiger partial charge in [0.15, 0.2) is 6.10 Å². The molecule has 0 aromatic rings. The Bertz CT molecular complexity index is 1550. The maximum Gasteiger partial charge on any atom is 0.306 e. The molecule has 0 aromatic heterocycles.